The average Bonchev–Trinajstić information content (AvgIpc) is 2.48. The number of nitrogens with one attached hydrogen (secondary N) is 2. The Balaban J connectivity index is 1.84. The second kappa shape index (κ2) is 7.23. The summed E-state index contributed by atoms with van der Waals surface area (Å²) in [5, 5.41) is 6.45. The first-order chi connectivity index (χ1) is 9.78. The Hall–Kier alpha value is -2.43. The van der Waals surface area contributed by atoms with E-state index in [1.54, 1.807) is 13.2 Å². The molecule has 2 aromatic heterocycles. The minimum atomic E-state index is 0.641. The van der Waals surface area contributed by atoms with Crippen LogP contribution in [-0.2, 0) is 13.1 Å². The van der Waals surface area contributed by atoms with Gasteiger partial charge < -0.3 is 10.6 Å². The third-order valence-electron chi connectivity index (χ3n) is 2.77. The van der Waals surface area contributed by atoms with Gasteiger partial charge in [0.2, 0.25) is 0 Å². The number of guanidine groups is 1. The number of aryl methyl sites for hydroxylation is 1. The van der Waals surface area contributed by atoms with Crippen molar-refractivity contribution in [2.75, 3.05) is 7.05 Å². The van der Waals surface area contributed by atoms with Crippen LogP contribution in [0.2, 0.25) is 0 Å². The van der Waals surface area contributed by atoms with E-state index in [4.69, 9.17) is 0 Å². The van der Waals surface area contributed by atoms with Crippen LogP contribution in [0.3, 0.4) is 0 Å². The molecule has 0 saturated carbocycles. The fraction of sp³-hybridized carbons (Fsp3) is 0.267. The van der Waals surface area contributed by atoms with Crippen molar-refractivity contribution in [3.8, 4) is 0 Å². The molecule has 0 radical (unpaired) electrons. The Morgan fingerprint density at radius 3 is 2.45 bits per heavy atom. The van der Waals surface area contributed by atoms with E-state index in [2.05, 4.69) is 25.6 Å². The Kier molecular flexibility index (Phi) is 5.06. The Morgan fingerprint density at radius 2 is 1.80 bits per heavy atom. The van der Waals surface area contributed by atoms with Crippen molar-refractivity contribution in [2.45, 2.75) is 20.0 Å². The van der Waals surface area contributed by atoms with Gasteiger partial charge in [-0.15, -0.1) is 0 Å². The van der Waals surface area contributed by atoms with E-state index >= 15 is 0 Å². The summed E-state index contributed by atoms with van der Waals surface area (Å²) in [5.41, 5.74) is 2.98. The molecule has 2 N–H and O–H groups in total. The van der Waals surface area contributed by atoms with Gasteiger partial charge in [-0.3, -0.25) is 15.0 Å². The molecule has 0 aliphatic carbocycles. The Morgan fingerprint density at radius 1 is 1.05 bits per heavy atom. The van der Waals surface area contributed by atoms with E-state index in [-0.39, 0.29) is 0 Å². The number of nitrogens with zero attached hydrogens (tertiary/aromatic N) is 3. The predicted molar refractivity (Wildman–Crippen MR) is 80.2 cm³/mol. The number of aromatic nitrogens is 2. The highest BCUT2D eigenvalue weighted by Gasteiger charge is 2.00. The molecule has 5 heteroatoms. The summed E-state index contributed by atoms with van der Waals surface area (Å²) >= 11 is 0. The second-order valence-electron chi connectivity index (χ2n) is 4.37. The highest BCUT2D eigenvalue weighted by molar-refractivity contribution is 5.79. The summed E-state index contributed by atoms with van der Waals surface area (Å²) < 4.78 is 0. The van der Waals surface area contributed by atoms with Gasteiger partial charge in [0.15, 0.2) is 5.96 Å². The van der Waals surface area contributed by atoms with Gasteiger partial charge >= 0.3 is 0 Å². The molecule has 0 atom stereocenters. The topological polar surface area (TPSA) is 62.2 Å². The fourth-order valence-electron chi connectivity index (χ4n) is 1.77. The molecule has 2 aromatic rings. The van der Waals surface area contributed by atoms with E-state index in [0.717, 1.165) is 23.0 Å². The van der Waals surface area contributed by atoms with Crippen molar-refractivity contribution >= 4 is 5.96 Å². The van der Waals surface area contributed by atoms with E-state index in [0.29, 0.717) is 13.1 Å². The summed E-state index contributed by atoms with van der Waals surface area (Å²) in [4.78, 5) is 12.9. The minimum absolute atomic E-state index is 0.641. The van der Waals surface area contributed by atoms with Crippen LogP contribution in [0.15, 0.2) is 47.6 Å². The normalized spacial score (nSPS) is 11.2. The van der Waals surface area contributed by atoms with Crippen molar-refractivity contribution in [2.24, 2.45) is 4.99 Å². The minimum Gasteiger partial charge on any atom is -0.351 e. The van der Waals surface area contributed by atoms with E-state index < -0.39 is 0 Å². The highest BCUT2D eigenvalue weighted by Crippen LogP contribution is 1.97. The summed E-state index contributed by atoms with van der Waals surface area (Å²) in [5.74, 6) is 0.735. The van der Waals surface area contributed by atoms with Crippen LogP contribution >= 0.6 is 0 Å². The zero-order chi connectivity index (χ0) is 14.2. The maximum absolute atomic E-state index is 4.44. The molecule has 0 amide bonds. The van der Waals surface area contributed by atoms with Crippen molar-refractivity contribution in [3.05, 3.63) is 59.7 Å². The van der Waals surface area contributed by atoms with Crippen LogP contribution in [0.4, 0.5) is 0 Å². The number of hydrogen-bond donors (Lipinski definition) is 2. The van der Waals surface area contributed by atoms with Crippen molar-refractivity contribution in [1.82, 2.24) is 20.6 Å². The predicted octanol–water partition coefficient (Wildman–Crippen LogP) is 1.65. The maximum atomic E-state index is 4.44. The molecule has 0 saturated heterocycles. The van der Waals surface area contributed by atoms with Gasteiger partial charge in [-0.25, -0.2) is 0 Å². The first-order valence-corrected chi connectivity index (χ1v) is 6.55. The molecule has 0 spiro atoms. The van der Waals surface area contributed by atoms with Crippen molar-refractivity contribution in [1.29, 1.82) is 0 Å². The quantitative estimate of drug-likeness (QED) is 0.654. The molecule has 0 fully saturated rings. The lowest BCUT2D eigenvalue weighted by Gasteiger charge is -2.11. The molecule has 0 unspecified atom stereocenters. The Bertz CT molecular complexity index is 565. The number of aliphatic imine (C=N–C) groups is 1. The van der Waals surface area contributed by atoms with Gasteiger partial charge in [0, 0.05) is 18.9 Å². The second-order valence-corrected chi connectivity index (χ2v) is 4.37. The molecule has 20 heavy (non-hydrogen) atoms. The average molecular weight is 269 g/mol. The highest BCUT2D eigenvalue weighted by atomic mass is 15.2. The van der Waals surface area contributed by atoms with Crippen LogP contribution in [0.5, 0.6) is 0 Å². The summed E-state index contributed by atoms with van der Waals surface area (Å²) in [6, 6.07) is 11.8. The standard InChI is InChI=1S/C15H19N5/c1-12-6-5-8-14(20-12)11-19-15(16-2)18-10-13-7-3-4-9-17-13/h3-9H,10-11H2,1-2H3,(H2,16,18,19). The number of hydrogen-bond acceptors (Lipinski definition) is 3. The molecule has 5 nitrogen and oxygen atoms in total. The molecule has 2 heterocycles. The maximum Gasteiger partial charge on any atom is 0.191 e. The summed E-state index contributed by atoms with van der Waals surface area (Å²) in [7, 11) is 1.75. The van der Waals surface area contributed by atoms with Gasteiger partial charge in [0.1, 0.15) is 0 Å². The third-order valence-corrected chi connectivity index (χ3v) is 2.77. The third kappa shape index (κ3) is 4.35. The molecule has 104 valence electrons. The molecule has 0 aromatic carbocycles. The zero-order valence-corrected chi connectivity index (χ0v) is 11.8. The van der Waals surface area contributed by atoms with Gasteiger partial charge in [-0.05, 0) is 31.2 Å². The largest absolute Gasteiger partial charge is 0.351 e. The Labute approximate surface area is 119 Å². The molecule has 0 aliphatic rings. The van der Waals surface area contributed by atoms with Crippen molar-refractivity contribution < 1.29 is 0 Å². The lowest BCUT2D eigenvalue weighted by Crippen LogP contribution is -2.36. The zero-order valence-electron chi connectivity index (χ0n) is 11.8. The summed E-state index contributed by atoms with van der Waals surface area (Å²) in [6.45, 7) is 3.27. The summed E-state index contributed by atoms with van der Waals surface area (Å²) in [6.07, 6.45) is 1.78. The first kappa shape index (κ1) is 14.0. The SMILES string of the molecule is CN=C(NCc1ccccn1)NCc1cccc(C)n1. The number of pyridine rings is 2. The van der Waals surface area contributed by atoms with E-state index in [1.807, 2.05) is 43.3 Å². The van der Waals surface area contributed by atoms with E-state index in [1.165, 1.54) is 0 Å². The van der Waals surface area contributed by atoms with Gasteiger partial charge in [-0.2, -0.15) is 0 Å². The molecular formula is C15H19N5. The molecule has 0 aliphatic heterocycles. The smallest absolute Gasteiger partial charge is 0.191 e. The van der Waals surface area contributed by atoms with Crippen LogP contribution in [0.1, 0.15) is 17.1 Å². The van der Waals surface area contributed by atoms with Gasteiger partial charge in [0.05, 0.1) is 24.5 Å². The van der Waals surface area contributed by atoms with Gasteiger partial charge in [-0.1, -0.05) is 12.1 Å². The van der Waals surface area contributed by atoms with Crippen LogP contribution in [0, 0.1) is 6.92 Å². The van der Waals surface area contributed by atoms with Crippen LogP contribution < -0.4 is 10.6 Å². The van der Waals surface area contributed by atoms with Gasteiger partial charge in [0.25, 0.3) is 0 Å². The molecular weight excluding hydrogens is 250 g/mol. The monoisotopic (exact) mass is 269 g/mol. The first-order valence-electron chi connectivity index (χ1n) is 6.55. The van der Waals surface area contributed by atoms with E-state index in [9.17, 15) is 0 Å². The van der Waals surface area contributed by atoms with Crippen molar-refractivity contribution in [3.63, 3.8) is 0 Å². The van der Waals surface area contributed by atoms with Crippen LogP contribution in [0.25, 0.3) is 0 Å². The molecule has 0 bridgehead atoms. The number of rotatable bonds is 4. The van der Waals surface area contributed by atoms with Crippen LogP contribution in [-0.4, -0.2) is 23.0 Å². The lowest BCUT2D eigenvalue weighted by atomic mass is 10.3. The molecule has 2 rings (SSSR count). The fourth-order valence-corrected chi connectivity index (χ4v) is 1.77. The lowest BCUT2D eigenvalue weighted by molar-refractivity contribution is 0.780.